The van der Waals surface area contributed by atoms with Crippen molar-refractivity contribution in [2.24, 2.45) is 0 Å². The summed E-state index contributed by atoms with van der Waals surface area (Å²) in [5.41, 5.74) is 4.02. The lowest BCUT2D eigenvalue weighted by Crippen LogP contribution is -3.28. The molecule has 4 nitrogen and oxygen atoms in total. The van der Waals surface area contributed by atoms with E-state index in [-0.39, 0.29) is 11.8 Å². The summed E-state index contributed by atoms with van der Waals surface area (Å²) in [6, 6.07) is 12.5. The zero-order chi connectivity index (χ0) is 22.0. The third-order valence-corrected chi connectivity index (χ3v) is 7.79. The highest BCUT2D eigenvalue weighted by atomic mass is 32.2. The number of benzene rings is 2. The number of nitrogens with one attached hydrogen (secondary N) is 2. The number of hydrogen-bond donors (Lipinski definition) is 2. The average Bonchev–Trinajstić information content (AvgIpc) is 2.89. The minimum Gasteiger partial charge on any atom is -0.460 e. The molecule has 2 aliphatic rings. The summed E-state index contributed by atoms with van der Waals surface area (Å²) in [5.74, 6) is 0.117. The van der Waals surface area contributed by atoms with Crippen molar-refractivity contribution in [2.75, 3.05) is 39.3 Å². The molecular formula is C25H33FN2O2S+2. The molecule has 0 unspecified atom stereocenters. The summed E-state index contributed by atoms with van der Waals surface area (Å²) < 4.78 is 19.1. The molecule has 0 radical (unpaired) electrons. The number of ether oxygens (including phenoxy) is 1. The van der Waals surface area contributed by atoms with Gasteiger partial charge < -0.3 is 14.5 Å². The van der Waals surface area contributed by atoms with E-state index in [1.807, 2.05) is 6.07 Å². The molecule has 0 aromatic heterocycles. The van der Waals surface area contributed by atoms with Crippen LogP contribution in [-0.2, 0) is 16.0 Å². The molecular weight excluding hydrogens is 411 g/mol. The third kappa shape index (κ3) is 5.30. The van der Waals surface area contributed by atoms with Crippen molar-refractivity contribution in [2.45, 2.75) is 48.9 Å². The second kappa shape index (κ2) is 9.72. The first-order valence-corrected chi connectivity index (χ1v) is 12.1. The van der Waals surface area contributed by atoms with Gasteiger partial charge in [0, 0.05) is 28.7 Å². The number of hydrogen-bond acceptors (Lipinski definition) is 3. The Morgan fingerprint density at radius 2 is 1.90 bits per heavy atom. The SMILES string of the molecule is CC(=O)OCC[NH+]1CC[NH+]([C@@H]2Cc3ccc(F)cc3Sc3ccc(C(C)C)cc32)CC1. The Morgan fingerprint density at radius 3 is 2.61 bits per heavy atom. The van der Waals surface area contributed by atoms with Gasteiger partial charge >= 0.3 is 5.97 Å². The molecule has 0 aliphatic carbocycles. The van der Waals surface area contributed by atoms with Gasteiger partial charge in [-0.25, -0.2) is 4.39 Å². The number of quaternary nitrogens is 2. The molecule has 1 saturated heterocycles. The van der Waals surface area contributed by atoms with Crippen molar-refractivity contribution < 1.29 is 23.7 Å². The molecule has 2 aliphatic heterocycles. The predicted molar refractivity (Wildman–Crippen MR) is 120 cm³/mol. The maximum Gasteiger partial charge on any atom is 0.302 e. The Balaban J connectivity index is 1.57. The zero-order valence-corrected chi connectivity index (χ0v) is 19.5. The zero-order valence-electron chi connectivity index (χ0n) is 18.7. The summed E-state index contributed by atoms with van der Waals surface area (Å²) in [6.45, 7) is 11.7. The van der Waals surface area contributed by atoms with Gasteiger partial charge in [-0.05, 0) is 41.3 Å². The summed E-state index contributed by atoms with van der Waals surface area (Å²) in [7, 11) is 0. The summed E-state index contributed by atoms with van der Waals surface area (Å²) in [6.07, 6.45) is 0.940. The van der Waals surface area contributed by atoms with E-state index in [0.717, 1.165) is 44.0 Å². The van der Waals surface area contributed by atoms with Crippen LogP contribution in [0.15, 0.2) is 46.2 Å². The van der Waals surface area contributed by atoms with Crippen molar-refractivity contribution in [3.8, 4) is 0 Å². The number of piperazine rings is 1. The second-order valence-electron chi connectivity index (χ2n) is 9.06. The van der Waals surface area contributed by atoms with Crippen LogP contribution in [0.2, 0.25) is 0 Å². The highest BCUT2D eigenvalue weighted by Gasteiger charge is 2.34. The Hall–Kier alpha value is -1.89. The largest absolute Gasteiger partial charge is 0.460 e. The summed E-state index contributed by atoms with van der Waals surface area (Å²) in [5, 5.41) is 0. The van der Waals surface area contributed by atoms with Crippen LogP contribution in [0.1, 0.15) is 49.4 Å². The molecule has 0 amide bonds. The molecule has 31 heavy (non-hydrogen) atoms. The van der Waals surface area contributed by atoms with Gasteiger partial charge in [-0.1, -0.05) is 37.7 Å². The summed E-state index contributed by atoms with van der Waals surface area (Å²) in [4.78, 5) is 16.5. The molecule has 2 aromatic carbocycles. The van der Waals surface area contributed by atoms with Crippen molar-refractivity contribution in [3.05, 3.63) is 58.9 Å². The van der Waals surface area contributed by atoms with Crippen molar-refractivity contribution in [3.63, 3.8) is 0 Å². The lowest BCUT2D eigenvalue weighted by molar-refractivity contribution is -1.03. The van der Waals surface area contributed by atoms with E-state index < -0.39 is 0 Å². The second-order valence-corrected chi connectivity index (χ2v) is 10.1. The Morgan fingerprint density at radius 1 is 1.13 bits per heavy atom. The topological polar surface area (TPSA) is 35.2 Å². The fourth-order valence-electron chi connectivity index (χ4n) is 4.76. The van der Waals surface area contributed by atoms with Gasteiger partial charge in [0.05, 0.1) is 0 Å². The maximum absolute atomic E-state index is 14.0. The van der Waals surface area contributed by atoms with E-state index in [0.29, 0.717) is 18.6 Å². The Kier molecular flexibility index (Phi) is 6.99. The van der Waals surface area contributed by atoms with Crippen LogP contribution in [0, 0.1) is 5.82 Å². The van der Waals surface area contributed by atoms with Gasteiger partial charge in [0.15, 0.2) is 0 Å². The first kappa shape index (κ1) is 22.3. The predicted octanol–water partition coefficient (Wildman–Crippen LogP) is 2.04. The number of rotatable bonds is 5. The van der Waals surface area contributed by atoms with E-state index in [1.54, 1.807) is 28.8 Å². The number of carbonyl (C=O) groups is 1. The average molecular weight is 445 g/mol. The van der Waals surface area contributed by atoms with Crippen LogP contribution in [-0.4, -0.2) is 45.3 Å². The minimum absolute atomic E-state index is 0.164. The lowest BCUT2D eigenvalue weighted by atomic mass is 9.93. The number of esters is 1. The maximum atomic E-state index is 14.0. The van der Waals surface area contributed by atoms with Crippen LogP contribution in [0.3, 0.4) is 0 Å². The van der Waals surface area contributed by atoms with E-state index in [4.69, 9.17) is 4.74 Å². The van der Waals surface area contributed by atoms with Crippen molar-refractivity contribution >= 4 is 17.7 Å². The van der Waals surface area contributed by atoms with Crippen molar-refractivity contribution in [1.82, 2.24) is 0 Å². The number of halogens is 1. The molecule has 1 atom stereocenters. The standard InChI is InChI=1S/C25H31FN2O2S/c1-17(2)19-5-7-24-22(14-19)23(15-20-4-6-21(26)16-25(20)31-24)28-10-8-27(9-11-28)12-13-30-18(3)29/h4-7,14,16-17,23H,8-13,15H2,1-3H3/p+2/t23-/m1/s1. The molecule has 2 aromatic rings. The van der Waals surface area contributed by atoms with Gasteiger partial charge in [0.1, 0.15) is 51.2 Å². The van der Waals surface area contributed by atoms with Gasteiger partial charge in [0.25, 0.3) is 0 Å². The molecule has 6 heteroatoms. The fraction of sp³-hybridized carbons (Fsp3) is 0.480. The molecule has 2 heterocycles. The van der Waals surface area contributed by atoms with E-state index in [1.165, 1.54) is 33.4 Å². The monoisotopic (exact) mass is 444 g/mol. The van der Waals surface area contributed by atoms with Crippen LogP contribution >= 0.6 is 11.8 Å². The Bertz CT molecular complexity index is 941. The molecule has 0 bridgehead atoms. The highest BCUT2D eigenvalue weighted by molar-refractivity contribution is 7.99. The van der Waals surface area contributed by atoms with Crippen molar-refractivity contribution in [1.29, 1.82) is 0 Å². The number of carbonyl (C=O) groups excluding carboxylic acids is 1. The van der Waals surface area contributed by atoms with Crippen LogP contribution in [0.25, 0.3) is 0 Å². The molecule has 1 fully saturated rings. The smallest absolute Gasteiger partial charge is 0.302 e. The summed E-state index contributed by atoms with van der Waals surface area (Å²) >= 11 is 1.71. The quantitative estimate of drug-likeness (QED) is 0.693. The third-order valence-electron chi connectivity index (χ3n) is 6.60. The first-order chi connectivity index (χ1) is 14.9. The lowest BCUT2D eigenvalue weighted by Gasteiger charge is -2.35. The van der Waals surface area contributed by atoms with E-state index in [9.17, 15) is 9.18 Å². The molecule has 166 valence electrons. The van der Waals surface area contributed by atoms with Gasteiger partial charge in [-0.3, -0.25) is 4.79 Å². The first-order valence-electron chi connectivity index (χ1n) is 11.3. The Labute approximate surface area is 188 Å². The molecule has 2 N–H and O–H groups in total. The molecule has 4 rings (SSSR count). The van der Waals surface area contributed by atoms with Gasteiger partial charge in [0.2, 0.25) is 0 Å². The fourth-order valence-corrected chi connectivity index (χ4v) is 5.90. The van der Waals surface area contributed by atoms with E-state index >= 15 is 0 Å². The van der Waals surface area contributed by atoms with Gasteiger partial charge in [-0.15, -0.1) is 0 Å². The van der Waals surface area contributed by atoms with E-state index in [2.05, 4.69) is 32.0 Å². The molecule has 0 saturated carbocycles. The van der Waals surface area contributed by atoms with Crippen LogP contribution in [0.5, 0.6) is 0 Å². The molecule has 0 spiro atoms. The minimum atomic E-state index is -0.202. The highest BCUT2D eigenvalue weighted by Crippen LogP contribution is 2.41. The van der Waals surface area contributed by atoms with Crippen LogP contribution < -0.4 is 9.80 Å². The van der Waals surface area contributed by atoms with Gasteiger partial charge in [-0.2, -0.15) is 0 Å². The number of fused-ring (bicyclic) bond motifs is 2. The van der Waals surface area contributed by atoms with Crippen LogP contribution in [0.4, 0.5) is 4.39 Å². The normalized spacial score (nSPS) is 23.1.